The minimum Gasteiger partial charge on any atom is -0.395 e. The van der Waals surface area contributed by atoms with E-state index in [4.69, 9.17) is 4.74 Å². The van der Waals surface area contributed by atoms with E-state index in [0.717, 1.165) is 26.3 Å². The van der Waals surface area contributed by atoms with Gasteiger partial charge in [-0.2, -0.15) is 0 Å². The van der Waals surface area contributed by atoms with Crippen molar-refractivity contribution in [3.8, 4) is 0 Å². The molecule has 0 saturated carbocycles. The fourth-order valence-electron chi connectivity index (χ4n) is 2.68. The first-order valence-corrected chi connectivity index (χ1v) is 6.97. The Labute approximate surface area is 116 Å². The first-order valence-electron chi connectivity index (χ1n) is 6.97. The predicted molar refractivity (Wildman–Crippen MR) is 77.4 cm³/mol. The van der Waals surface area contributed by atoms with Crippen molar-refractivity contribution in [3.63, 3.8) is 0 Å². The van der Waals surface area contributed by atoms with E-state index in [0.29, 0.717) is 0 Å². The highest BCUT2D eigenvalue weighted by atomic mass is 16.5. The number of benzene rings is 1. The number of nitrogens with zero attached hydrogens (tertiary/aromatic N) is 1. The van der Waals surface area contributed by atoms with Crippen LogP contribution in [0.4, 0.5) is 0 Å². The molecular formula is C16H25NO2. The second-order valence-corrected chi connectivity index (χ2v) is 6.37. The van der Waals surface area contributed by atoms with Gasteiger partial charge >= 0.3 is 0 Å². The van der Waals surface area contributed by atoms with Gasteiger partial charge in [-0.3, -0.25) is 4.90 Å². The fraction of sp³-hybridized carbons (Fsp3) is 0.625. The van der Waals surface area contributed by atoms with Crippen LogP contribution < -0.4 is 0 Å². The molecule has 1 aliphatic rings. The maximum Gasteiger partial charge on any atom is 0.0645 e. The Morgan fingerprint density at radius 3 is 2.58 bits per heavy atom. The quantitative estimate of drug-likeness (QED) is 0.902. The molecule has 1 aromatic carbocycles. The monoisotopic (exact) mass is 263 g/mol. The van der Waals surface area contributed by atoms with Gasteiger partial charge in [0, 0.05) is 24.0 Å². The normalized spacial score (nSPS) is 22.9. The number of aliphatic hydroxyl groups is 1. The van der Waals surface area contributed by atoms with Crippen LogP contribution in [0.25, 0.3) is 0 Å². The summed E-state index contributed by atoms with van der Waals surface area (Å²) in [6, 6.07) is 10.3. The van der Waals surface area contributed by atoms with Crippen molar-refractivity contribution in [2.24, 2.45) is 0 Å². The zero-order valence-electron chi connectivity index (χ0n) is 12.2. The third-order valence-electron chi connectivity index (χ3n) is 4.18. The Balaban J connectivity index is 2.18. The molecule has 0 amide bonds. The van der Waals surface area contributed by atoms with Gasteiger partial charge in [-0.15, -0.1) is 0 Å². The van der Waals surface area contributed by atoms with Gasteiger partial charge in [0.2, 0.25) is 0 Å². The molecule has 3 nitrogen and oxygen atoms in total. The van der Waals surface area contributed by atoms with E-state index in [1.165, 1.54) is 5.56 Å². The Morgan fingerprint density at radius 2 is 2.00 bits per heavy atom. The smallest absolute Gasteiger partial charge is 0.0645 e. The average molecular weight is 263 g/mol. The second-order valence-electron chi connectivity index (χ2n) is 6.37. The molecule has 1 fully saturated rings. The van der Waals surface area contributed by atoms with Gasteiger partial charge in [0.25, 0.3) is 0 Å². The van der Waals surface area contributed by atoms with E-state index in [-0.39, 0.29) is 17.6 Å². The molecule has 1 unspecified atom stereocenters. The molecule has 106 valence electrons. The van der Waals surface area contributed by atoms with Crippen LogP contribution in [-0.4, -0.2) is 48.5 Å². The van der Waals surface area contributed by atoms with Crippen molar-refractivity contribution in [1.29, 1.82) is 0 Å². The summed E-state index contributed by atoms with van der Waals surface area (Å²) in [5, 5.41) is 9.88. The van der Waals surface area contributed by atoms with Crippen molar-refractivity contribution in [1.82, 2.24) is 4.90 Å². The number of aliphatic hydroxyl groups excluding tert-OH is 1. The average Bonchev–Trinajstić information content (AvgIpc) is 2.42. The third-order valence-corrected chi connectivity index (χ3v) is 4.18. The van der Waals surface area contributed by atoms with E-state index in [1.54, 1.807) is 0 Å². The first-order chi connectivity index (χ1) is 8.98. The maximum atomic E-state index is 9.88. The van der Waals surface area contributed by atoms with E-state index in [2.05, 4.69) is 37.8 Å². The van der Waals surface area contributed by atoms with Crippen LogP contribution in [0.5, 0.6) is 0 Å². The van der Waals surface area contributed by atoms with Gasteiger partial charge < -0.3 is 9.84 Å². The minimum atomic E-state index is -0.226. The molecule has 0 aliphatic carbocycles. The van der Waals surface area contributed by atoms with Gasteiger partial charge in [0.15, 0.2) is 0 Å². The molecule has 1 N–H and O–H groups in total. The van der Waals surface area contributed by atoms with Crippen LogP contribution in [0.1, 0.15) is 26.3 Å². The van der Waals surface area contributed by atoms with Crippen molar-refractivity contribution in [3.05, 3.63) is 35.9 Å². The molecule has 19 heavy (non-hydrogen) atoms. The molecule has 1 atom stereocenters. The summed E-state index contributed by atoms with van der Waals surface area (Å²) in [4.78, 5) is 2.43. The van der Waals surface area contributed by atoms with Crippen LogP contribution >= 0.6 is 0 Å². The van der Waals surface area contributed by atoms with E-state index >= 15 is 0 Å². The van der Waals surface area contributed by atoms with Crippen molar-refractivity contribution < 1.29 is 9.84 Å². The second kappa shape index (κ2) is 5.61. The molecule has 0 spiro atoms. The molecule has 2 rings (SSSR count). The summed E-state index contributed by atoms with van der Waals surface area (Å²) in [6.45, 7) is 10.0. The van der Waals surface area contributed by atoms with Crippen LogP contribution in [0, 0.1) is 0 Å². The summed E-state index contributed by atoms with van der Waals surface area (Å²) >= 11 is 0. The highest BCUT2D eigenvalue weighted by molar-refractivity contribution is 5.25. The van der Waals surface area contributed by atoms with Crippen LogP contribution in [0.3, 0.4) is 0 Å². The lowest BCUT2D eigenvalue weighted by atomic mass is 9.81. The Hall–Kier alpha value is -0.900. The number of morpholine rings is 1. The first kappa shape index (κ1) is 14.5. The summed E-state index contributed by atoms with van der Waals surface area (Å²) in [5.41, 5.74) is 0.999. The lowest BCUT2D eigenvalue weighted by molar-refractivity contribution is -0.0626. The van der Waals surface area contributed by atoms with Crippen LogP contribution in [0.2, 0.25) is 0 Å². The molecule has 0 bridgehead atoms. The molecule has 1 aliphatic heterocycles. The zero-order valence-corrected chi connectivity index (χ0v) is 12.2. The van der Waals surface area contributed by atoms with Gasteiger partial charge in [-0.05, 0) is 19.4 Å². The zero-order chi connectivity index (χ0) is 13.9. The SMILES string of the molecule is CC(CO)(CN1CCOCC1(C)C)c1ccccc1. The number of hydrogen-bond acceptors (Lipinski definition) is 3. The Bertz CT molecular complexity index is 404. The van der Waals surface area contributed by atoms with E-state index < -0.39 is 0 Å². The molecule has 1 heterocycles. The summed E-state index contributed by atoms with van der Waals surface area (Å²) in [5.74, 6) is 0. The topological polar surface area (TPSA) is 32.7 Å². The fourth-order valence-corrected chi connectivity index (χ4v) is 2.68. The molecule has 1 aromatic rings. The molecular weight excluding hydrogens is 238 g/mol. The Kier molecular flexibility index (Phi) is 4.29. The van der Waals surface area contributed by atoms with Gasteiger partial charge in [-0.1, -0.05) is 37.3 Å². The maximum absolute atomic E-state index is 9.88. The molecule has 3 heteroatoms. The highest BCUT2D eigenvalue weighted by Crippen LogP contribution is 2.29. The van der Waals surface area contributed by atoms with Gasteiger partial charge in [-0.25, -0.2) is 0 Å². The van der Waals surface area contributed by atoms with Gasteiger partial charge in [0.1, 0.15) is 0 Å². The standard InChI is InChI=1S/C16H25NO2/c1-15(2)13-19-10-9-17(15)11-16(3,12-18)14-7-5-4-6-8-14/h4-8,18H,9-13H2,1-3H3. The lowest BCUT2D eigenvalue weighted by Crippen LogP contribution is -2.57. The minimum absolute atomic E-state index is 0.0312. The molecule has 0 aromatic heterocycles. The van der Waals surface area contributed by atoms with Gasteiger partial charge in [0.05, 0.1) is 19.8 Å². The van der Waals surface area contributed by atoms with E-state index in [9.17, 15) is 5.11 Å². The third kappa shape index (κ3) is 3.16. The van der Waals surface area contributed by atoms with Crippen molar-refractivity contribution in [2.75, 3.05) is 32.9 Å². The highest BCUT2D eigenvalue weighted by Gasteiger charge is 2.36. The summed E-state index contributed by atoms with van der Waals surface area (Å²) in [7, 11) is 0. The summed E-state index contributed by atoms with van der Waals surface area (Å²) in [6.07, 6.45) is 0. The van der Waals surface area contributed by atoms with Crippen molar-refractivity contribution >= 4 is 0 Å². The van der Waals surface area contributed by atoms with Crippen LogP contribution in [-0.2, 0) is 10.2 Å². The number of rotatable bonds is 4. The van der Waals surface area contributed by atoms with Crippen molar-refractivity contribution in [2.45, 2.75) is 31.7 Å². The molecule has 0 radical (unpaired) electrons. The lowest BCUT2D eigenvalue weighted by Gasteiger charge is -2.46. The number of ether oxygens (including phenoxy) is 1. The Morgan fingerprint density at radius 1 is 1.32 bits per heavy atom. The predicted octanol–water partition coefficient (Wildman–Crippen LogP) is 2.05. The number of hydrogen-bond donors (Lipinski definition) is 1. The van der Waals surface area contributed by atoms with Crippen LogP contribution in [0.15, 0.2) is 30.3 Å². The van der Waals surface area contributed by atoms with E-state index in [1.807, 2.05) is 18.2 Å². The summed E-state index contributed by atoms with van der Waals surface area (Å²) < 4.78 is 5.56. The molecule has 1 saturated heterocycles. The largest absolute Gasteiger partial charge is 0.395 e.